The molecule has 2 atom stereocenters. The second kappa shape index (κ2) is 25.6. The van der Waals surface area contributed by atoms with Gasteiger partial charge >= 0.3 is 0 Å². The molecule has 2 saturated heterocycles. The molecule has 0 radical (unpaired) electrons. The number of carbonyl (C=O) groups excluding carboxylic acids is 4. The van der Waals surface area contributed by atoms with E-state index in [1.807, 2.05) is 127 Å². The molecule has 0 saturated carbocycles. The van der Waals surface area contributed by atoms with Crippen molar-refractivity contribution in [2.45, 2.75) is 71.7 Å². The van der Waals surface area contributed by atoms with Crippen molar-refractivity contribution in [3.05, 3.63) is 180 Å². The monoisotopic (exact) mass is 1020 g/mol. The summed E-state index contributed by atoms with van der Waals surface area (Å²) in [4.78, 5) is 57.5. The minimum Gasteiger partial charge on any atom is -0.494 e. The molecular weight excluding hydrogens is 956 g/mol. The van der Waals surface area contributed by atoms with Crippen LogP contribution in [-0.4, -0.2) is 85.7 Å². The lowest BCUT2D eigenvalue weighted by molar-refractivity contribution is -0.116. The van der Waals surface area contributed by atoms with Crippen LogP contribution in [0.2, 0.25) is 0 Å². The van der Waals surface area contributed by atoms with E-state index in [-0.39, 0.29) is 45.8 Å². The van der Waals surface area contributed by atoms with Gasteiger partial charge in [0.25, 0.3) is 0 Å². The van der Waals surface area contributed by atoms with Crippen molar-refractivity contribution >= 4 is 58.3 Å². The molecule has 378 valence electrons. The van der Waals surface area contributed by atoms with Gasteiger partial charge in [0.2, 0.25) is 11.8 Å². The van der Waals surface area contributed by atoms with Crippen LogP contribution in [0.25, 0.3) is 0 Å². The molecule has 4 aliphatic heterocycles. The van der Waals surface area contributed by atoms with Crippen molar-refractivity contribution in [3.63, 3.8) is 0 Å². The first-order valence-electron chi connectivity index (χ1n) is 25.7. The highest BCUT2D eigenvalue weighted by Gasteiger charge is 2.30. The van der Waals surface area contributed by atoms with E-state index < -0.39 is 0 Å². The summed E-state index contributed by atoms with van der Waals surface area (Å²) >= 11 is 3.16. The molecular formula is C60H63FN4O6S2. The van der Waals surface area contributed by atoms with Gasteiger partial charge in [0.15, 0.2) is 11.6 Å². The Morgan fingerprint density at radius 3 is 1.33 bits per heavy atom. The van der Waals surface area contributed by atoms with Gasteiger partial charge < -0.3 is 29.9 Å². The lowest BCUT2D eigenvalue weighted by atomic mass is 9.89. The van der Waals surface area contributed by atoms with Gasteiger partial charge in [-0.15, -0.1) is 23.5 Å². The first kappa shape index (κ1) is 51.6. The van der Waals surface area contributed by atoms with E-state index in [2.05, 4.69) is 20.4 Å². The number of rotatable bonds is 18. The number of piperidine rings is 2. The normalized spacial score (nSPS) is 18.3. The van der Waals surface area contributed by atoms with Crippen LogP contribution < -0.4 is 20.1 Å². The minimum atomic E-state index is -0.313. The third-order valence-corrected chi connectivity index (χ3v) is 16.7. The molecule has 0 aliphatic carbocycles. The van der Waals surface area contributed by atoms with Crippen LogP contribution in [0, 0.1) is 17.7 Å². The SMILES string of the molecule is O=C(c1ccc(F)cc1)C1CCN(CCCCOc2ccc(C3Sc4ccccc4NC3=O)cc2)CC1.O=C(c1ccccc1)C1CCN(CCCCOc2ccc(C3Sc4ccccc4NC3=O)cc2)CC1. The second-order valence-electron chi connectivity index (χ2n) is 19.0. The Hall–Kier alpha value is -6.25. The number of anilines is 2. The number of amides is 2. The number of benzene rings is 6. The Balaban J connectivity index is 0.000000180. The van der Waals surface area contributed by atoms with E-state index in [9.17, 15) is 23.6 Å². The number of thioether (sulfide) groups is 2. The fourth-order valence-electron chi connectivity index (χ4n) is 9.80. The molecule has 0 spiro atoms. The van der Waals surface area contributed by atoms with Gasteiger partial charge in [-0.1, -0.05) is 78.9 Å². The van der Waals surface area contributed by atoms with Crippen molar-refractivity contribution in [2.24, 2.45) is 11.8 Å². The zero-order valence-electron chi connectivity index (χ0n) is 41.1. The number of ether oxygens (including phenoxy) is 2. The van der Waals surface area contributed by atoms with Crippen LogP contribution in [0.4, 0.5) is 15.8 Å². The second-order valence-corrected chi connectivity index (χ2v) is 21.3. The fraction of sp³-hybridized carbons (Fsp3) is 0.333. The highest BCUT2D eigenvalue weighted by atomic mass is 32.2. The summed E-state index contributed by atoms with van der Waals surface area (Å²) < 4.78 is 25.0. The smallest absolute Gasteiger partial charge is 0.242 e. The number of hydrogen-bond donors (Lipinski definition) is 2. The number of nitrogens with zero attached hydrogens (tertiary/aromatic N) is 2. The van der Waals surface area contributed by atoms with Gasteiger partial charge in [0.05, 0.1) is 24.6 Å². The maximum absolute atomic E-state index is 13.1. The molecule has 6 aromatic rings. The quantitative estimate of drug-likeness (QED) is 0.0637. The van der Waals surface area contributed by atoms with E-state index >= 15 is 0 Å². The maximum atomic E-state index is 13.1. The van der Waals surface area contributed by atoms with Gasteiger partial charge in [0.1, 0.15) is 27.8 Å². The summed E-state index contributed by atoms with van der Waals surface area (Å²) in [6.07, 6.45) is 7.64. The number of halogens is 1. The highest BCUT2D eigenvalue weighted by Crippen LogP contribution is 2.45. The van der Waals surface area contributed by atoms with Crippen LogP contribution in [-0.2, 0) is 9.59 Å². The molecule has 4 heterocycles. The van der Waals surface area contributed by atoms with Gasteiger partial charge in [-0.25, -0.2) is 4.39 Å². The van der Waals surface area contributed by atoms with Crippen LogP contribution in [0.1, 0.15) is 93.7 Å². The average molecular weight is 1020 g/mol. The Morgan fingerprint density at radius 2 is 0.890 bits per heavy atom. The Bertz CT molecular complexity index is 2780. The average Bonchev–Trinajstić information content (AvgIpc) is 3.43. The first-order chi connectivity index (χ1) is 35.7. The molecule has 0 aromatic heterocycles. The third kappa shape index (κ3) is 14.1. The summed E-state index contributed by atoms with van der Waals surface area (Å²) in [7, 11) is 0. The van der Waals surface area contributed by atoms with E-state index in [1.54, 1.807) is 35.7 Å². The fourth-order valence-corrected chi connectivity index (χ4v) is 12.0. The summed E-state index contributed by atoms with van der Waals surface area (Å²) in [6.45, 7) is 7.17. The predicted molar refractivity (Wildman–Crippen MR) is 290 cm³/mol. The number of ketones is 2. The van der Waals surface area contributed by atoms with Gasteiger partial charge in [-0.3, -0.25) is 19.2 Å². The van der Waals surface area contributed by atoms with Gasteiger partial charge in [-0.05, 0) is 175 Å². The number of fused-ring (bicyclic) bond motifs is 2. The maximum Gasteiger partial charge on any atom is 0.242 e. The first-order valence-corrected chi connectivity index (χ1v) is 27.4. The molecule has 10 nitrogen and oxygen atoms in total. The van der Waals surface area contributed by atoms with E-state index in [0.29, 0.717) is 24.6 Å². The van der Waals surface area contributed by atoms with Crippen molar-refractivity contribution in [3.8, 4) is 11.5 Å². The van der Waals surface area contributed by atoms with Crippen LogP contribution >= 0.6 is 23.5 Å². The van der Waals surface area contributed by atoms with E-state index in [0.717, 1.165) is 140 Å². The molecule has 4 aliphatic rings. The highest BCUT2D eigenvalue weighted by molar-refractivity contribution is 8.00. The van der Waals surface area contributed by atoms with Crippen molar-refractivity contribution in [1.29, 1.82) is 0 Å². The zero-order chi connectivity index (χ0) is 50.4. The minimum absolute atomic E-state index is 0.00113. The predicted octanol–water partition coefficient (Wildman–Crippen LogP) is 12.6. The molecule has 2 amide bonds. The van der Waals surface area contributed by atoms with Crippen molar-refractivity contribution < 1.29 is 33.0 Å². The standard InChI is InChI=1S/C30H31FN2O3S.C30H32N2O3S/c31-24-11-7-21(8-12-24)28(34)22-15-18-33(19-16-22)17-3-4-20-36-25-13-9-23(10-14-25)29-30(35)32-26-5-1-2-6-27(26)37-29;33-28(22-8-2-1-3-9-22)23-16-19-32(20-17-23)18-6-7-21-35-25-14-12-24(13-15-25)29-30(34)31-26-10-4-5-11-27(26)36-29/h1-2,5-14,22,29H,3-4,15-20H2,(H,32,35);1-5,8-15,23,29H,6-7,16-21H2,(H,31,34). The molecule has 6 aromatic carbocycles. The number of Topliss-reactive ketones (excluding diaryl/α,β-unsaturated/α-hetero) is 2. The number of para-hydroxylation sites is 2. The topological polar surface area (TPSA) is 117 Å². The lowest BCUT2D eigenvalue weighted by Crippen LogP contribution is -2.37. The molecule has 2 fully saturated rings. The van der Waals surface area contributed by atoms with Crippen LogP contribution in [0.3, 0.4) is 0 Å². The Morgan fingerprint density at radius 1 is 0.493 bits per heavy atom. The summed E-state index contributed by atoms with van der Waals surface area (Å²) in [6, 6.07) is 47.0. The van der Waals surface area contributed by atoms with Crippen molar-refractivity contribution in [2.75, 3.05) is 63.1 Å². The largest absolute Gasteiger partial charge is 0.494 e. The van der Waals surface area contributed by atoms with E-state index in [4.69, 9.17) is 9.47 Å². The number of unbranched alkanes of at least 4 members (excludes halogenated alkanes) is 2. The molecule has 13 heteroatoms. The lowest BCUT2D eigenvalue weighted by Gasteiger charge is -2.31. The number of likely N-dealkylation sites (tertiary alicyclic amines) is 2. The molecule has 10 rings (SSSR count). The number of carbonyl (C=O) groups is 4. The zero-order valence-corrected chi connectivity index (χ0v) is 42.7. The Labute approximate surface area is 436 Å². The third-order valence-electron chi connectivity index (χ3n) is 14.0. The summed E-state index contributed by atoms with van der Waals surface area (Å²) in [5.41, 5.74) is 5.15. The van der Waals surface area contributed by atoms with Gasteiger partial charge in [0, 0.05) is 32.8 Å². The molecule has 2 unspecified atom stereocenters. The van der Waals surface area contributed by atoms with Crippen molar-refractivity contribution in [1.82, 2.24) is 9.80 Å². The number of hydrogen-bond acceptors (Lipinski definition) is 10. The number of nitrogens with one attached hydrogen (secondary N) is 2. The molecule has 73 heavy (non-hydrogen) atoms. The Kier molecular flexibility index (Phi) is 18.1. The van der Waals surface area contributed by atoms with Crippen LogP contribution in [0.15, 0.2) is 161 Å². The summed E-state index contributed by atoms with van der Waals surface area (Å²) in [5, 5.41) is 5.48. The molecule has 0 bridgehead atoms. The van der Waals surface area contributed by atoms with E-state index in [1.165, 1.54) is 12.1 Å². The summed E-state index contributed by atoms with van der Waals surface area (Å²) in [5.74, 6) is 1.96. The molecule has 2 N–H and O–H groups in total. The van der Waals surface area contributed by atoms with Crippen LogP contribution in [0.5, 0.6) is 11.5 Å². The van der Waals surface area contributed by atoms with Gasteiger partial charge in [-0.2, -0.15) is 0 Å².